The second-order valence-electron chi connectivity index (χ2n) is 6.81. The van der Waals surface area contributed by atoms with E-state index in [1.54, 1.807) is 13.2 Å². The number of nitrogens with zero attached hydrogens (tertiary/aromatic N) is 2. The minimum Gasteiger partial charge on any atom is -0.497 e. The van der Waals surface area contributed by atoms with Crippen LogP contribution in [0.25, 0.3) is 16.3 Å². The lowest BCUT2D eigenvalue weighted by molar-refractivity contribution is -0.111. The van der Waals surface area contributed by atoms with Gasteiger partial charge >= 0.3 is 0 Å². The first kappa shape index (κ1) is 19.6. The van der Waals surface area contributed by atoms with Crippen molar-refractivity contribution >= 4 is 38.7 Å². The molecule has 2 heterocycles. The first-order valence-electron chi connectivity index (χ1n) is 9.52. The van der Waals surface area contributed by atoms with E-state index in [2.05, 4.69) is 27.3 Å². The van der Waals surface area contributed by atoms with Gasteiger partial charge in [-0.1, -0.05) is 29.5 Å². The maximum Gasteiger partial charge on any atom is 0.250 e. The minimum atomic E-state index is -0.201. The van der Waals surface area contributed by atoms with E-state index in [0.717, 1.165) is 54.4 Å². The Labute approximate surface area is 173 Å². The highest BCUT2D eigenvalue weighted by Crippen LogP contribution is 2.27. The van der Waals surface area contributed by atoms with Crippen molar-refractivity contribution in [2.24, 2.45) is 0 Å². The summed E-state index contributed by atoms with van der Waals surface area (Å²) in [5.74, 6) is 0.586. The van der Waals surface area contributed by atoms with Crippen molar-refractivity contribution in [2.45, 2.75) is 6.54 Å². The molecule has 0 spiro atoms. The van der Waals surface area contributed by atoms with E-state index in [4.69, 9.17) is 9.47 Å². The van der Waals surface area contributed by atoms with Gasteiger partial charge in [0.15, 0.2) is 5.13 Å². The summed E-state index contributed by atoms with van der Waals surface area (Å²) in [6.07, 6.45) is 3.28. The van der Waals surface area contributed by atoms with E-state index in [0.29, 0.717) is 5.13 Å². The van der Waals surface area contributed by atoms with Crippen molar-refractivity contribution < 1.29 is 14.3 Å². The molecule has 1 aliphatic heterocycles. The summed E-state index contributed by atoms with van der Waals surface area (Å²) in [4.78, 5) is 19.1. The Morgan fingerprint density at radius 2 is 2.03 bits per heavy atom. The topological polar surface area (TPSA) is 63.7 Å². The number of morpholine rings is 1. The first-order chi connectivity index (χ1) is 14.2. The van der Waals surface area contributed by atoms with Crippen molar-refractivity contribution in [2.75, 3.05) is 38.7 Å². The van der Waals surface area contributed by atoms with Crippen molar-refractivity contribution in [1.82, 2.24) is 9.88 Å². The molecule has 7 heteroatoms. The Hall–Kier alpha value is -2.74. The molecule has 150 valence electrons. The number of thiazole rings is 1. The Kier molecular flexibility index (Phi) is 6.19. The van der Waals surface area contributed by atoms with Gasteiger partial charge < -0.3 is 9.47 Å². The fourth-order valence-corrected chi connectivity index (χ4v) is 4.10. The van der Waals surface area contributed by atoms with E-state index in [-0.39, 0.29) is 5.91 Å². The van der Waals surface area contributed by atoms with Crippen LogP contribution in [-0.2, 0) is 16.1 Å². The molecule has 6 nitrogen and oxygen atoms in total. The molecule has 4 rings (SSSR count). The summed E-state index contributed by atoms with van der Waals surface area (Å²) < 4.78 is 11.6. The number of methoxy groups -OCH3 is 1. The lowest BCUT2D eigenvalue weighted by Gasteiger charge is -2.26. The van der Waals surface area contributed by atoms with Crippen LogP contribution in [0.3, 0.4) is 0 Å². The molecule has 1 aliphatic rings. The molecule has 0 bridgehead atoms. The van der Waals surface area contributed by atoms with Gasteiger partial charge in [0.05, 0.1) is 30.5 Å². The first-order valence-corrected chi connectivity index (χ1v) is 10.3. The van der Waals surface area contributed by atoms with Crippen LogP contribution < -0.4 is 10.1 Å². The van der Waals surface area contributed by atoms with E-state index in [1.807, 2.05) is 30.3 Å². The Morgan fingerprint density at radius 3 is 2.79 bits per heavy atom. The van der Waals surface area contributed by atoms with Crippen molar-refractivity contribution in [1.29, 1.82) is 0 Å². The van der Waals surface area contributed by atoms with Gasteiger partial charge in [0.1, 0.15) is 5.75 Å². The van der Waals surface area contributed by atoms with Gasteiger partial charge in [-0.2, -0.15) is 0 Å². The predicted molar refractivity (Wildman–Crippen MR) is 116 cm³/mol. The zero-order valence-electron chi connectivity index (χ0n) is 16.3. The highest BCUT2D eigenvalue weighted by Gasteiger charge is 2.12. The quantitative estimate of drug-likeness (QED) is 0.628. The number of hydrogen-bond donors (Lipinski definition) is 1. The van der Waals surface area contributed by atoms with Crippen molar-refractivity contribution in [3.63, 3.8) is 0 Å². The van der Waals surface area contributed by atoms with E-state index < -0.39 is 0 Å². The number of amides is 1. The molecule has 0 saturated carbocycles. The maximum absolute atomic E-state index is 12.2. The van der Waals surface area contributed by atoms with Crippen LogP contribution in [-0.4, -0.2) is 49.2 Å². The van der Waals surface area contributed by atoms with Crippen molar-refractivity contribution in [3.05, 3.63) is 59.7 Å². The summed E-state index contributed by atoms with van der Waals surface area (Å²) in [7, 11) is 1.63. The molecule has 0 aliphatic carbocycles. The second-order valence-corrected chi connectivity index (χ2v) is 7.84. The van der Waals surface area contributed by atoms with Crippen LogP contribution in [0.5, 0.6) is 5.75 Å². The number of nitrogens with one attached hydrogen (secondary N) is 1. The number of carbonyl (C=O) groups is 1. The highest BCUT2D eigenvalue weighted by atomic mass is 32.1. The number of benzene rings is 2. The van der Waals surface area contributed by atoms with Gasteiger partial charge in [-0.05, 0) is 41.5 Å². The summed E-state index contributed by atoms with van der Waals surface area (Å²) in [5.41, 5.74) is 3.08. The molecular weight excluding hydrogens is 386 g/mol. The molecule has 2 aromatic carbocycles. The van der Waals surface area contributed by atoms with E-state index in [1.165, 1.54) is 23.0 Å². The molecule has 1 aromatic heterocycles. The SMILES string of the molecule is COc1ccc(/C=C/C(=O)Nc2nc3ccc(CN4CCOCC4)cc3s2)cc1. The van der Waals surface area contributed by atoms with Crippen LogP contribution in [0.2, 0.25) is 0 Å². The molecule has 0 atom stereocenters. The smallest absolute Gasteiger partial charge is 0.250 e. The number of fused-ring (bicyclic) bond motifs is 1. The summed E-state index contributed by atoms with van der Waals surface area (Å²) in [6, 6.07) is 13.8. The number of carbonyl (C=O) groups excluding carboxylic acids is 1. The third-order valence-corrected chi connectivity index (χ3v) is 5.67. The zero-order chi connectivity index (χ0) is 20.1. The fraction of sp³-hybridized carbons (Fsp3) is 0.273. The summed E-state index contributed by atoms with van der Waals surface area (Å²) in [6.45, 7) is 4.42. The van der Waals surface area contributed by atoms with Crippen LogP contribution in [0.4, 0.5) is 5.13 Å². The van der Waals surface area contributed by atoms with Gasteiger partial charge in [0.25, 0.3) is 0 Å². The van der Waals surface area contributed by atoms with Crippen LogP contribution in [0.1, 0.15) is 11.1 Å². The van der Waals surface area contributed by atoms with Crippen LogP contribution in [0, 0.1) is 0 Å². The average Bonchev–Trinajstić information content (AvgIpc) is 3.15. The number of rotatable bonds is 6. The Balaban J connectivity index is 1.39. The Morgan fingerprint density at radius 1 is 1.24 bits per heavy atom. The van der Waals surface area contributed by atoms with E-state index >= 15 is 0 Å². The van der Waals surface area contributed by atoms with E-state index in [9.17, 15) is 4.79 Å². The standard InChI is InChI=1S/C22H23N3O3S/c1-27-18-6-2-16(3-7-18)5-9-21(26)24-22-23-19-8-4-17(14-20(19)29-22)15-25-10-12-28-13-11-25/h2-9,14H,10-13,15H2,1H3,(H,23,24,26)/b9-5+. The number of ether oxygens (including phenoxy) is 2. The number of anilines is 1. The van der Waals surface area contributed by atoms with Gasteiger partial charge in [-0.3, -0.25) is 15.0 Å². The lowest BCUT2D eigenvalue weighted by atomic mass is 10.2. The number of hydrogen-bond acceptors (Lipinski definition) is 6. The minimum absolute atomic E-state index is 0.201. The maximum atomic E-state index is 12.2. The monoisotopic (exact) mass is 409 g/mol. The molecule has 1 saturated heterocycles. The third kappa shape index (κ3) is 5.20. The molecule has 1 fully saturated rings. The zero-order valence-corrected chi connectivity index (χ0v) is 17.1. The van der Waals surface area contributed by atoms with Gasteiger partial charge in [-0.15, -0.1) is 0 Å². The van der Waals surface area contributed by atoms with Gasteiger partial charge in [0, 0.05) is 25.7 Å². The molecule has 0 unspecified atom stereocenters. The second kappa shape index (κ2) is 9.17. The molecular formula is C22H23N3O3S. The van der Waals surface area contributed by atoms with Crippen LogP contribution in [0.15, 0.2) is 48.5 Å². The largest absolute Gasteiger partial charge is 0.497 e. The van der Waals surface area contributed by atoms with Crippen LogP contribution >= 0.6 is 11.3 Å². The third-order valence-electron chi connectivity index (χ3n) is 4.74. The molecule has 3 aromatic rings. The lowest BCUT2D eigenvalue weighted by Crippen LogP contribution is -2.35. The Bertz CT molecular complexity index is 1010. The predicted octanol–water partition coefficient (Wildman–Crippen LogP) is 3.79. The molecule has 1 N–H and O–H groups in total. The summed E-state index contributed by atoms with van der Waals surface area (Å²) in [5, 5.41) is 3.46. The fourth-order valence-electron chi connectivity index (χ4n) is 3.17. The highest BCUT2D eigenvalue weighted by molar-refractivity contribution is 7.22. The molecule has 1 amide bonds. The molecule has 29 heavy (non-hydrogen) atoms. The summed E-state index contributed by atoms with van der Waals surface area (Å²) >= 11 is 1.49. The van der Waals surface area contributed by atoms with Gasteiger partial charge in [-0.25, -0.2) is 4.98 Å². The van der Waals surface area contributed by atoms with Gasteiger partial charge in [0.2, 0.25) is 5.91 Å². The average molecular weight is 410 g/mol. The molecule has 0 radical (unpaired) electrons. The number of aromatic nitrogens is 1. The normalized spacial score (nSPS) is 15.1. The van der Waals surface area contributed by atoms with Crippen molar-refractivity contribution in [3.8, 4) is 5.75 Å².